The molecule has 27 heavy (non-hydrogen) atoms. The first-order chi connectivity index (χ1) is 13.2. The molecule has 0 aliphatic rings. The van der Waals surface area contributed by atoms with Gasteiger partial charge in [0.15, 0.2) is 0 Å². The zero-order valence-corrected chi connectivity index (χ0v) is 14.6. The van der Waals surface area contributed by atoms with Crippen LogP contribution in [0.2, 0.25) is 0 Å². The van der Waals surface area contributed by atoms with Gasteiger partial charge in [0.25, 0.3) is 5.56 Å². The van der Waals surface area contributed by atoms with E-state index >= 15 is 0 Å². The topological polar surface area (TPSA) is 79.8 Å². The standard InChI is InChI=1S/C21H18N4O2/c26-20(24-17-10-6-14-22-21(17)27)13-12-19-23-16-9-4-5-11-18(16)25(19)15-7-2-1-3-8-15/h1-11,14H,12-13H2,(H,22,27)(H,24,26). The molecule has 0 bridgehead atoms. The van der Waals surface area contributed by atoms with Gasteiger partial charge in [-0.15, -0.1) is 0 Å². The van der Waals surface area contributed by atoms with Crippen LogP contribution in [0.15, 0.2) is 77.7 Å². The number of carbonyl (C=O) groups excluding carboxylic acids is 1. The number of pyridine rings is 1. The fraction of sp³-hybridized carbons (Fsp3) is 0.0952. The molecule has 134 valence electrons. The Bertz CT molecular complexity index is 1150. The smallest absolute Gasteiger partial charge is 0.271 e. The molecule has 2 aromatic carbocycles. The Kier molecular flexibility index (Phi) is 4.53. The summed E-state index contributed by atoms with van der Waals surface area (Å²) in [6, 6.07) is 21.1. The summed E-state index contributed by atoms with van der Waals surface area (Å²) in [5, 5.41) is 2.65. The first-order valence-electron chi connectivity index (χ1n) is 8.72. The van der Waals surface area contributed by atoms with Crippen LogP contribution in [0.25, 0.3) is 16.7 Å². The van der Waals surface area contributed by atoms with Crippen LogP contribution in [0.1, 0.15) is 12.2 Å². The number of carbonyl (C=O) groups is 1. The summed E-state index contributed by atoms with van der Waals surface area (Å²) in [6.45, 7) is 0. The number of hydrogen-bond acceptors (Lipinski definition) is 3. The molecular formula is C21H18N4O2. The maximum absolute atomic E-state index is 12.3. The lowest BCUT2D eigenvalue weighted by molar-refractivity contribution is -0.116. The average Bonchev–Trinajstić information content (AvgIpc) is 3.07. The predicted molar refractivity (Wildman–Crippen MR) is 105 cm³/mol. The molecule has 0 saturated heterocycles. The first kappa shape index (κ1) is 16.8. The van der Waals surface area contributed by atoms with Crippen LogP contribution in [0.5, 0.6) is 0 Å². The summed E-state index contributed by atoms with van der Waals surface area (Å²) in [5.41, 5.74) is 2.82. The molecule has 2 heterocycles. The number of imidazole rings is 1. The number of fused-ring (bicyclic) bond motifs is 1. The number of rotatable bonds is 5. The number of aromatic nitrogens is 3. The van der Waals surface area contributed by atoms with E-state index in [9.17, 15) is 9.59 Å². The van der Waals surface area contributed by atoms with Gasteiger partial charge in [0.05, 0.1) is 11.0 Å². The third kappa shape index (κ3) is 3.50. The number of para-hydroxylation sites is 3. The van der Waals surface area contributed by atoms with Gasteiger partial charge >= 0.3 is 0 Å². The van der Waals surface area contributed by atoms with E-state index in [0.717, 1.165) is 22.5 Å². The molecule has 0 unspecified atom stereocenters. The second kappa shape index (κ2) is 7.29. The van der Waals surface area contributed by atoms with Gasteiger partial charge in [-0.2, -0.15) is 0 Å². The summed E-state index contributed by atoms with van der Waals surface area (Å²) in [5.74, 6) is 0.581. The Balaban J connectivity index is 1.60. The van der Waals surface area contributed by atoms with E-state index in [0.29, 0.717) is 6.42 Å². The Hall–Kier alpha value is -3.67. The van der Waals surface area contributed by atoms with Crippen LogP contribution in [0.4, 0.5) is 5.69 Å². The SMILES string of the molecule is O=C(CCc1nc2ccccc2n1-c1ccccc1)Nc1ccc[nH]c1=O. The minimum atomic E-state index is -0.317. The largest absolute Gasteiger partial charge is 0.327 e. The highest BCUT2D eigenvalue weighted by molar-refractivity contribution is 5.90. The monoisotopic (exact) mass is 358 g/mol. The van der Waals surface area contributed by atoms with Crippen LogP contribution in [-0.2, 0) is 11.2 Å². The van der Waals surface area contributed by atoms with Gasteiger partial charge in [-0.1, -0.05) is 30.3 Å². The van der Waals surface area contributed by atoms with Gasteiger partial charge in [-0.25, -0.2) is 4.98 Å². The fourth-order valence-corrected chi connectivity index (χ4v) is 3.07. The van der Waals surface area contributed by atoms with Gasteiger partial charge in [0.1, 0.15) is 11.5 Å². The van der Waals surface area contributed by atoms with Crippen molar-refractivity contribution in [2.24, 2.45) is 0 Å². The maximum Gasteiger partial charge on any atom is 0.271 e. The highest BCUT2D eigenvalue weighted by Gasteiger charge is 2.14. The van der Waals surface area contributed by atoms with Crippen LogP contribution < -0.4 is 10.9 Å². The number of benzene rings is 2. The number of H-pyrrole nitrogens is 1. The average molecular weight is 358 g/mol. The second-order valence-corrected chi connectivity index (χ2v) is 6.15. The normalized spacial score (nSPS) is 10.8. The molecule has 2 N–H and O–H groups in total. The van der Waals surface area contributed by atoms with Gasteiger partial charge in [0, 0.05) is 24.7 Å². The number of aromatic amines is 1. The molecule has 2 aromatic heterocycles. The molecular weight excluding hydrogens is 340 g/mol. The minimum Gasteiger partial charge on any atom is -0.327 e. The van der Waals surface area contributed by atoms with Crippen molar-refractivity contribution in [2.45, 2.75) is 12.8 Å². The molecule has 6 heteroatoms. The number of aryl methyl sites for hydroxylation is 1. The molecule has 6 nitrogen and oxygen atoms in total. The number of nitrogens with one attached hydrogen (secondary N) is 2. The Morgan fingerprint density at radius 2 is 1.78 bits per heavy atom. The van der Waals surface area contributed by atoms with E-state index in [1.54, 1.807) is 12.1 Å². The van der Waals surface area contributed by atoms with E-state index in [4.69, 9.17) is 4.98 Å². The fourth-order valence-electron chi connectivity index (χ4n) is 3.07. The third-order valence-corrected chi connectivity index (χ3v) is 4.31. The molecule has 4 rings (SSSR count). The number of hydrogen-bond donors (Lipinski definition) is 2. The third-order valence-electron chi connectivity index (χ3n) is 4.31. The van der Waals surface area contributed by atoms with E-state index in [1.807, 2.05) is 54.6 Å². The van der Waals surface area contributed by atoms with E-state index in [2.05, 4.69) is 14.9 Å². The van der Waals surface area contributed by atoms with Crippen LogP contribution in [-0.4, -0.2) is 20.4 Å². The predicted octanol–water partition coefficient (Wildman–Crippen LogP) is 3.29. The lowest BCUT2D eigenvalue weighted by atomic mass is 10.2. The number of nitrogens with zero attached hydrogens (tertiary/aromatic N) is 2. The van der Waals surface area contributed by atoms with Crippen molar-refractivity contribution in [3.63, 3.8) is 0 Å². The minimum absolute atomic E-state index is 0.224. The molecule has 0 atom stereocenters. The molecule has 0 aliphatic carbocycles. The van der Waals surface area contributed by atoms with E-state index in [-0.39, 0.29) is 23.6 Å². The lowest BCUT2D eigenvalue weighted by Gasteiger charge is -2.09. The quantitative estimate of drug-likeness (QED) is 0.574. The molecule has 0 spiro atoms. The van der Waals surface area contributed by atoms with Crippen molar-refractivity contribution in [1.29, 1.82) is 0 Å². The van der Waals surface area contributed by atoms with Crippen molar-refractivity contribution in [2.75, 3.05) is 5.32 Å². The summed E-state index contributed by atoms with van der Waals surface area (Å²) >= 11 is 0. The first-order valence-corrected chi connectivity index (χ1v) is 8.72. The van der Waals surface area contributed by atoms with Crippen molar-refractivity contribution in [3.05, 3.63) is 89.1 Å². The van der Waals surface area contributed by atoms with Crippen molar-refractivity contribution < 1.29 is 4.79 Å². The summed E-state index contributed by atoms with van der Waals surface area (Å²) in [7, 11) is 0. The van der Waals surface area contributed by atoms with Crippen molar-refractivity contribution in [1.82, 2.24) is 14.5 Å². The van der Waals surface area contributed by atoms with Crippen molar-refractivity contribution >= 4 is 22.6 Å². The van der Waals surface area contributed by atoms with Gasteiger partial charge < -0.3 is 10.3 Å². The van der Waals surface area contributed by atoms with Crippen LogP contribution >= 0.6 is 0 Å². The lowest BCUT2D eigenvalue weighted by Crippen LogP contribution is -2.20. The molecule has 0 saturated carbocycles. The highest BCUT2D eigenvalue weighted by atomic mass is 16.2. The molecule has 0 aliphatic heterocycles. The maximum atomic E-state index is 12.3. The molecule has 4 aromatic rings. The summed E-state index contributed by atoms with van der Waals surface area (Å²) in [6.07, 6.45) is 2.21. The Labute approximate surface area is 155 Å². The molecule has 0 fully saturated rings. The summed E-state index contributed by atoms with van der Waals surface area (Å²) < 4.78 is 2.07. The highest BCUT2D eigenvalue weighted by Crippen LogP contribution is 2.22. The Morgan fingerprint density at radius 3 is 2.59 bits per heavy atom. The van der Waals surface area contributed by atoms with Gasteiger partial charge in [0.2, 0.25) is 5.91 Å². The van der Waals surface area contributed by atoms with Gasteiger partial charge in [-0.05, 0) is 36.4 Å². The van der Waals surface area contributed by atoms with Crippen molar-refractivity contribution in [3.8, 4) is 5.69 Å². The van der Waals surface area contributed by atoms with E-state index in [1.165, 1.54) is 6.20 Å². The number of anilines is 1. The van der Waals surface area contributed by atoms with E-state index < -0.39 is 0 Å². The number of amides is 1. The molecule has 1 amide bonds. The Morgan fingerprint density at radius 1 is 1.00 bits per heavy atom. The second-order valence-electron chi connectivity index (χ2n) is 6.15. The summed E-state index contributed by atoms with van der Waals surface area (Å²) in [4.78, 5) is 31.2. The molecule has 0 radical (unpaired) electrons. The zero-order chi connectivity index (χ0) is 18.6. The van der Waals surface area contributed by atoms with Crippen LogP contribution in [0.3, 0.4) is 0 Å². The van der Waals surface area contributed by atoms with Crippen LogP contribution in [0, 0.1) is 0 Å². The zero-order valence-electron chi connectivity index (χ0n) is 14.6. The van der Waals surface area contributed by atoms with Gasteiger partial charge in [-0.3, -0.25) is 14.2 Å².